The first-order valence-corrected chi connectivity index (χ1v) is 9.39. The fourth-order valence-corrected chi connectivity index (χ4v) is 3.52. The zero-order valence-electron chi connectivity index (χ0n) is 15.7. The maximum Gasteiger partial charge on any atom is 0.416 e. The molecule has 4 nitrogen and oxygen atoms in total. The third kappa shape index (κ3) is 6.30. The lowest BCUT2D eigenvalue weighted by Crippen LogP contribution is -2.32. The predicted molar refractivity (Wildman–Crippen MR) is 104 cm³/mol. The smallest absolute Gasteiger partial charge is 0.340 e. The van der Waals surface area contributed by atoms with E-state index in [9.17, 15) is 22.8 Å². The molecule has 0 radical (unpaired) electrons. The van der Waals surface area contributed by atoms with Gasteiger partial charge in [0.15, 0.2) is 0 Å². The Labute approximate surface area is 166 Å². The van der Waals surface area contributed by atoms with Gasteiger partial charge in [0.25, 0.3) is 0 Å². The predicted octanol–water partition coefficient (Wildman–Crippen LogP) is 4.80. The number of anilines is 1. The number of halogens is 3. The van der Waals surface area contributed by atoms with Crippen LogP contribution >= 0.6 is 11.8 Å². The van der Waals surface area contributed by atoms with E-state index in [0.717, 1.165) is 17.0 Å². The number of hydrogen-bond acceptors (Lipinski definition) is 3. The van der Waals surface area contributed by atoms with Crippen LogP contribution in [0.15, 0.2) is 53.4 Å². The fraction of sp³-hybridized carbons (Fsp3) is 0.300. The van der Waals surface area contributed by atoms with Gasteiger partial charge >= 0.3 is 6.18 Å². The minimum absolute atomic E-state index is 0.129. The SMILES string of the molecule is CC(=O)Nc1ccc(SC(C)C(=O)N(C)Cc2ccc(C(F)(F)F)cc2)cc1. The number of amides is 2. The summed E-state index contributed by atoms with van der Waals surface area (Å²) in [5.74, 6) is -0.287. The van der Waals surface area contributed by atoms with Gasteiger partial charge in [0.2, 0.25) is 11.8 Å². The second-order valence-electron chi connectivity index (χ2n) is 6.35. The number of hydrogen-bond donors (Lipinski definition) is 1. The van der Waals surface area contributed by atoms with E-state index < -0.39 is 11.7 Å². The minimum atomic E-state index is -4.37. The molecular weight excluding hydrogens is 389 g/mol. The Morgan fingerprint density at radius 3 is 2.14 bits per heavy atom. The van der Waals surface area contributed by atoms with Crippen molar-refractivity contribution >= 4 is 29.3 Å². The van der Waals surface area contributed by atoms with Gasteiger partial charge in [0.1, 0.15) is 0 Å². The molecule has 0 heterocycles. The van der Waals surface area contributed by atoms with Crippen LogP contribution in [0.25, 0.3) is 0 Å². The standard InChI is InChI=1S/C20H21F3N2O2S/c1-13(28-18-10-8-17(9-11-18)24-14(2)26)19(27)25(3)12-15-4-6-16(7-5-15)20(21,22)23/h4-11,13H,12H2,1-3H3,(H,24,26). The minimum Gasteiger partial charge on any atom is -0.340 e. The third-order valence-electron chi connectivity index (χ3n) is 3.91. The van der Waals surface area contributed by atoms with Crippen molar-refractivity contribution in [3.8, 4) is 0 Å². The first-order valence-electron chi connectivity index (χ1n) is 8.51. The van der Waals surface area contributed by atoms with E-state index >= 15 is 0 Å². The van der Waals surface area contributed by atoms with Gasteiger partial charge in [0, 0.05) is 31.1 Å². The highest BCUT2D eigenvalue weighted by molar-refractivity contribution is 8.00. The molecule has 0 bridgehead atoms. The quantitative estimate of drug-likeness (QED) is 0.696. The summed E-state index contributed by atoms with van der Waals surface area (Å²) in [6.45, 7) is 3.43. The van der Waals surface area contributed by atoms with Gasteiger partial charge in [-0.05, 0) is 48.9 Å². The van der Waals surface area contributed by atoms with Crippen molar-refractivity contribution in [1.82, 2.24) is 4.90 Å². The van der Waals surface area contributed by atoms with Crippen molar-refractivity contribution in [1.29, 1.82) is 0 Å². The van der Waals surface area contributed by atoms with Gasteiger partial charge in [-0.15, -0.1) is 11.8 Å². The van der Waals surface area contributed by atoms with Crippen molar-refractivity contribution in [3.05, 3.63) is 59.7 Å². The Bertz CT molecular complexity index is 821. The summed E-state index contributed by atoms with van der Waals surface area (Å²) in [4.78, 5) is 26.0. The molecule has 2 aromatic carbocycles. The van der Waals surface area contributed by atoms with Crippen LogP contribution in [-0.2, 0) is 22.3 Å². The van der Waals surface area contributed by atoms with Crippen LogP contribution in [0, 0.1) is 0 Å². The van der Waals surface area contributed by atoms with Gasteiger partial charge in [-0.25, -0.2) is 0 Å². The number of thioether (sulfide) groups is 1. The molecule has 0 aliphatic carbocycles. The molecule has 0 saturated heterocycles. The van der Waals surface area contributed by atoms with Crippen LogP contribution in [0.5, 0.6) is 0 Å². The average Bonchev–Trinajstić information content (AvgIpc) is 2.62. The van der Waals surface area contributed by atoms with Gasteiger partial charge in [0.05, 0.1) is 10.8 Å². The lowest BCUT2D eigenvalue weighted by atomic mass is 10.1. The second kappa shape index (κ2) is 9.14. The van der Waals surface area contributed by atoms with Crippen molar-refractivity contribution in [2.45, 2.75) is 36.7 Å². The van der Waals surface area contributed by atoms with Crippen LogP contribution in [0.1, 0.15) is 25.0 Å². The molecule has 2 aromatic rings. The van der Waals surface area contributed by atoms with Crippen molar-refractivity contribution in [3.63, 3.8) is 0 Å². The highest BCUT2D eigenvalue weighted by atomic mass is 32.2. The van der Waals surface area contributed by atoms with E-state index in [4.69, 9.17) is 0 Å². The largest absolute Gasteiger partial charge is 0.416 e. The summed E-state index contributed by atoms with van der Waals surface area (Å²) in [6.07, 6.45) is -4.37. The van der Waals surface area contributed by atoms with E-state index in [1.807, 2.05) is 12.1 Å². The van der Waals surface area contributed by atoms with E-state index in [1.54, 1.807) is 26.1 Å². The zero-order chi connectivity index (χ0) is 20.9. The molecule has 1 unspecified atom stereocenters. The normalized spacial score (nSPS) is 12.4. The van der Waals surface area contributed by atoms with Gasteiger partial charge in [-0.1, -0.05) is 12.1 Å². The molecule has 0 aliphatic heterocycles. The van der Waals surface area contributed by atoms with Crippen LogP contribution in [0.2, 0.25) is 0 Å². The van der Waals surface area contributed by atoms with E-state index in [1.165, 1.54) is 35.7 Å². The number of carbonyl (C=O) groups excluding carboxylic acids is 2. The zero-order valence-corrected chi connectivity index (χ0v) is 16.5. The van der Waals surface area contributed by atoms with Crippen molar-refractivity contribution < 1.29 is 22.8 Å². The summed E-state index contributed by atoms with van der Waals surface area (Å²) < 4.78 is 37.9. The highest BCUT2D eigenvalue weighted by Gasteiger charge is 2.30. The monoisotopic (exact) mass is 410 g/mol. The molecule has 2 rings (SSSR count). The van der Waals surface area contributed by atoms with Crippen molar-refractivity contribution in [2.24, 2.45) is 0 Å². The van der Waals surface area contributed by atoms with Crippen molar-refractivity contribution in [2.75, 3.05) is 12.4 Å². The molecule has 0 spiro atoms. The molecule has 2 amide bonds. The number of carbonyl (C=O) groups is 2. The number of rotatable bonds is 6. The fourth-order valence-electron chi connectivity index (χ4n) is 2.54. The Morgan fingerprint density at radius 2 is 1.64 bits per heavy atom. The Hall–Kier alpha value is -2.48. The first-order chi connectivity index (χ1) is 13.1. The summed E-state index contributed by atoms with van der Waals surface area (Å²) in [7, 11) is 1.62. The average molecular weight is 410 g/mol. The van der Waals surface area contributed by atoms with E-state index in [0.29, 0.717) is 11.3 Å². The second-order valence-corrected chi connectivity index (χ2v) is 7.77. The molecule has 1 atom stereocenters. The third-order valence-corrected chi connectivity index (χ3v) is 5.01. The molecular formula is C20H21F3N2O2S. The van der Waals surface area contributed by atoms with Crippen LogP contribution in [-0.4, -0.2) is 29.0 Å². The summed E-state index contributed by atoms with van der Waals surface area (Å²) >= 11 is 1.37. The number of nitrogens with one attached hydrogen (secondary N) is 1. The number of alkyl halides is 3. The lowest BCUT2D eigenvalue weighted by Gasteiger charge is -2.21. The Balaban J connectivity index is 1.93. The Morgan fingerprint density at radius 1 is 1.07 bits per heavy atom. The molecule has 0 aromatic heterocycles. The maximum absolute atomic E-state index is 12.6. The van der Waals surface area contributed by atoms with Crippen LogP contribution in [0.3, 0.4) is 0 Å². The molecule has 8 heteroatoms. The van der Waals surface area contributed by atoms with Crippen LogP contribution in [0.4, 0.5) is 18.9 Å². The summed E-state index contributed by atoms with van der Waals surface area (Å²) in [5, 5.41) is 2.30. The van der Waals surface area contributed by atoms with Gasteiger partial charge in [-0.3, -0.25) is 9.59 Å². The summed E-state index contributed by atoms with van der Waals surface area (Å²) in [6, 6.07) is 11.9. The molecule has 1 N–H and O–H groups in total. The molecule has 0 saturated carbocycles. The summed E-state index contributed by atoms with van der Waals surface area (Å²) in [5.41, 5.74) is 0.591. The molecule has 28 heavy (non-hydrogen) atoms. The van der Waals surface area contributed by atoms with Crippen LogP contribution < -0.4 is 5.32 Å². The molecule has 0 fully saturated rings. The number of nitrogens with zero attached hydrogens (tertiary/aromatic N) is 1. The highest BCUT2D eigenvalue weighted by Crippen LogP contribution is 2.29. The van der Waals surface area contributed by atoms with Gasteiger partial charge < -0.3 is 10.2 Å². The molecule has 150 valence electrons. The van der Waals surface area contributed by atoms with Gasteiger partial charge in [-0.2, -0.15) is 13.2 Å². The lowest BCUT2D eigenvalue weighted by molar-refractivity contribution is -0.137. The molecule has 0 aliphatic rings. The van der Waals surface area contributed by atoms with E-state index in [-0.39, 0.29) is 23.6 Å². The maximum atomic E-state index is 12.6. The first kappa shape index (κ1) is 21.8. The van der Waals surface area contributed by atoms with E-state index in [2.05, 4.69) is 5.32 Å². The topological polar surface area (TPSA) is 49.4 Å². The number of benzene rings is 2. The Kier molecular flexibility index (Phi) is 7.12.